The fraction of sp³-hybridized carbons (Fsp3) is 0.462. The lowest BCUT2D eigenvalue weighted by Gasteiger charge is -2.28. The highest BCUT2D eigenvalue weighted by Gasteiger charge is 2.52. The third-order valence-electron chi connectivity index (χ3n) is 6.80. The van der Waals surface area contributed by atoms with Crippen LogP contribution >= 0.6 is 0 Å². The molecule has 1 aliphatic carbocycles. The van der Waals surface area contributed by atoms with Crippen molar-refractivity contribution in [3.8, 4) is 11.1 Å². The van der Waals surface area contributed by atoms with Gasteiger partial charge in [-0.1, -0.05) is 48.5 Å². The first-order valence-corrected chi connectivity index (χ1v) is 11.5. The number of carbonyl (C=O) groups excluding carboxylic acids is 2. The first-order valence-electron chi connectivity index (χ1n) is 11.5. The fourth-order valence-electron chi connectivity index (χ4n) is 5.47. The number of β-amino-alcohol motifs (C(OH)–C–C–N with tert-alkyl or cyclic N) is 1. The summed E-state index contributed by atoms with van der Waals surface area (Å²) in [7, 11) is 0. The Morgan fingerprint density at radius 3 is 2.18 bits per heavy atom. The van der Waals surface area contributed by atoms with E-state index in [9.17, 15) is 14.7 Å². The van der Waals surface area contributed by atoms with Gasteiger partial charge in [-0.25, -0.2) is 9.59 Å². The lowest BCUT2D eigenvalue weighted by atomic mass is 9.98. The van der Waals surface area contributed by atoms with E-state index in [2.05, 4.69) is 24.3 Å². The van der Waals surface area contributed by atoms with E-state index in [1.807, 2.05) is 45.0 Å². The normalized spacial score (nSPS) is 23.8. The Hall–Kier alpha value is -3.06. The number of amides is 2. The molecule has 2 aromatic rings. The second-order valence-corrected chi connectivity index (χ2v) is 10.0. The molecule has 0 spiro atoms. The third kappa shape index (κ3) is 3.84. The van der Waals surface area contributed by atoms with E-state index in [0.717, 1.165) is 11.1 Å². The average Bonchev–Trinajstić information content (AvgIpc) is 3.43. The summed E-state index contributed by atoms with van der Waals surface area (Å²) in [6, 6.07) is 15.7. The zero-order valence-electron chi connectivity index (χ0n) is 19.2. The standard InChI is InChI=1S/C26H30N2O5/c1-26(2,3)33-25(31)28-14-22(29)23-21(28)12-13-27(23)24(30)32-15-20-18-10-6-4-8-16(18)17-9-5-7-11-19(17)20/h4-11,20-23,29H,12-15H2,1-3H3/t21?,22-,23-/m0/s1. The minimum atomic E-state index is -0.828. The number of aliphatic hydroxyl groups excluding tert-OH is 1. The van der Waals surface area contributed by atoms with Crippen molar-refractivity contribution in [2.45, 2.75) is 56.9 Å². The Morgan fingerprint density at radius 2 is 1.58 bits per heavy atom. The Labute approximate surface area is 193 Å². The molecule has 0 saturated carbocycles. The van der Waals surface area contributed by atoms with E-state index in [-0.39, 0.29) is 25.1 Å². The number of nitrogens with zero attached hydrogens (tertiary/aromatic N) is 2. The van der Waals surface area contributed by atoms with Crippen LogP contribution < -0.4 is 0 Å². The summed E-state index contributed by atoms with van der Waals surface area (Å²) >= 11 is 0. The molecule has 2 heterocycles. The summed E-state index contributed by atoms with van der Waals surface area (Å²) in [6.45, 7) is 6.25. The second kappa shape index (κ2) is 8.06. The molecule has 33 heavy (non-hydrogen) atoms. The van der Waals surface area contributed by atoms with Crippen LogP contribution in [0.5, 0.6) is 0 Å². The summed E-state index contributed by atoms with van der Waals surface area (Å²) in [5.74, 6) is -0.0217. The minimum absolute atomic E-state index is 0.0217. The maximum atomic E-state index is 13.1. The van der Waals surface area contributed by atoms with Gasteiger partial charge in [0.1, 0.15) is 12.2 Å². The Kier molecular flexibility index (Phi) is 5.32. The highest BCUT2D eigenvalue weighted by molar-refractivity contribution is 5.79. The summed E-state index contributed by atoms with van der Waals surface area (Å²) in [5, 5.41) is 10.7. The molecule has 5 rings (SSSR count). The van der Waals surface area contributed by atoms with Crippen LogP contribution in [0.3, 0.4) is 0 Å². The van der Waals surface area contributed by atoms with Crippen LogP contribution in [0, 0.1) is 0 Å². The molecule has 2 aliphatic heterocycles. The molecular formula is C26H30N2O5. The lowest BCUT2D eigenvalue weighted by molar-refractivity contribution is 0.0209. The van der Waals surface area contributed by atoms with Gasteiger partial charge in [0.05, 0.1) is 24.7 Å². The summed E-state index contributed by atoms with van der Waals surface area (Å²) in [4.78, 5) is 28.8. The van der Waals surface area contributed by atoms with Crippen molar-refractivity contribution in [2.75, 3.05) is 19.7 Å². The predicted octanol–water partition coefficient (Wildman–Crippen LogP) is 3.99. The Morgan fingerprint density at radius 1 is 0.970 bits per heavy atom. The van der Waals surface area contributed by atoms with Crippen molar-refractivity contribution in [3.63, 3.8) is 0 Å². The molecule has 2 fully saturated rings. The number of aliphatic hydroxyl groups is 1. The summed E-state index contributed by atoms with van der Waals surface area (Å²) in [6.07, 6.45) is -1.14. The van der Waals surface area contributed by atoms with Gasteiger partial charge in [-0.2, -0.15) is 0 Å². The number of ether oxygens (including phenoxy) is 2. The molecule has 3 aliphatic rings. The highest BCUT2D eigenvalue weighted by Crippen LogP contribution is 2.44. The van der Waals surface area contributed by atoms with Crippen LogP contribution in [0.1, 0.15) is 44.2 Å². The number of benzene rings is 2. The fourth-order valence-corrected chi connectivity index (χ4v) is 5.47. The molecule has 2 aromatic carbocycles. The number of likely N-dealkylation sites (tertiary alicyclic amines) is 2. The quantitative estimate of drug-likeness (QED) is 0.749. The number of rotatable bonds is 2. The molecule has 1 unspecified atom stereocenters. The minimum Gasteiger partial charge on any atom is -0.448 e. The van der Waals surface area contributed by atoms with E-state index in [1.165, 1.54) is 11.1 Å². The molecule has 7 nitrogen and oxygen atoms in total. The highest BCUT2D eigenvalue weighted by atomic mass is 16.6. The van der Waals surface area contributed by atoms with Crippen LogP contribution in [0.15, 0.2) is 48.5 Å². The molecule has 174 valence electrons. The second-order valence-electron chi connectivity index (χ2n) is 10.0. The van der Waals surface area contributed by atoms with Crippen molar-refractivity contribution in [3.05, 3.63) is 59.7 Å². The SMILES string of the molecule is CC(C)(C)OC(=O)N1C[C@H](O)[C@@H]2C1CCN2C(=O)OCC1c2ccccc2-c2ccccc21. The van der Waals surface area contributed by atoms with Gasteiger partial charge in [0.2, 0.25) is 0 Å². The van der Waals surface area contributed by atoms with E-state index >= 15 is 0 Å². The largest absolute Gasteiger partial charge is 0.448 e. The monoisotopic (exact) mass is 450 g/mol. The van der Waals surface area contributed by atoms with Crippen molar-refractivity contribution in [1.29, 1.82) is 0 Å². The Balaban J connectivity index is 1.28. The van der Waals surface area contributed by atoms with Crippen molar-refractivity contribution in [1.82, 2.24) is 9.80 Å². The molecule has 1 N–H and O–H groups in total. The van der Waals surface area contributed by atoms with Crippen LogP contribution in [0.4, 0.5) is 9.59 Å². The van der Waals surface area contributed by atoms with Gasteiger partial charge in [0, 0.05) is 12.5 Å². The van der Waals surface area contributed by atoms with Gasteiger partial charge in [-0.15, -0.1) is 0 Å². The molecule has 0 radical (unpaired) electrons. The number of hydrogen-bond donors (Lipinski definition) is 1. The van der Waals surface area contributed by atoms with Gasteiger partial charge in [-0.05, 0) is 49.4 Å². The van der Waals surface area contributed by atoms with Crippen LogP contribution in [-0.2, 0) is 9.47 Å². The van der Waals surface area contributed by atoms with Crippen LogP contribution in [-0.4, -0.2) is 70.6 Å². The van der Waals surface area contributed by atoms with E-state index in [0.29, 0.717) is 13.0 Å². The van der Waals surface area contributed by atoms with Crippen molar-refractivity contribution in [2.24, 2.45) is 0 Å². The number of fused-ring (bicyclic) bond motifs is 4. The zero-order chi connectivity index (χ0) is 23.3. The molecule has 3 atom stereocenters. The molecule has 0 aromatic heterocycles. The third-order valence-corrected chi connectivity index (χ3v) is 6.80. The number of carbonyl (C=O) groups is 2. The van der Waals surface area contributed by atoms with E-state index in [1.54, 1.807) is 9.80 Å². The van der Waals surface area contributed by atoms with Gasteiger partial charge >= 0.3 is 12.2 Å². The first kappa shape index (κ1) is 21.8. The molecule has 0 bridgehead atoms. The topological polar surface area (TPSA) is 79.3 Å². The maximum Gasteiger partial charge on any atom is 0.410 e. The first-order chi connectivity index (χ1) is 15.7. The van der Waals surface area contributed by atoms with Gasteiger partial charge in [-0.3, -0.25) is 0 Å². The van der Waals surface area contributed by atoms with Gasteiger partial charge < -0.3 is 24.4 Å². The molecule has 2 amide bonds. The van der Waals surface area contributed by atoms with E-state index < -0.39 is 29.9 Å². The van der Waals surface area contributed by atoms with Crippen molar-refractivity contribution < 1.29 is 24.2 Å². The molecule has 7 heteroatoms. The maximum absolute atomic E-state index is 13.1. The van der Waals surface area contributed by atoms with Gasteiger partial charge in [0.25, 0.3) is 0 Å². The molecular weight excluding hydrogens is 420 g/mol. The Bertz CT molecular complexity index is 1030. The predicted molar refractivity (Wildman–Crippen MR) is 123 cm³/mol. The zero-order valence-corrected chi connectivity index (χ0v) is 19.2. The number of hydrogen-bond acceptors (Lipinski definition) is 5. The lowest BCUT2D eigenvalue weighted by Crippen LogP contribution is -2.45. The van der Waals surface area contributed by atoms with Crippen molar-refractivity contribution >= 4 is 12.2 Å². The van der Waals surface area contributed by atoms with Gasteiger partial charge in [0.15, 0.2) is 0 Å². The van der Waals surface area contributed by atoms with Crippen LogP contribution in [0.2, 0.25) is 0 Å². The van der Waals surface area contributed by atoms with E-state index in [4.69, 9.17) is 9.47 Å². The summed E-state index contributed by atoms with van der Waals surface area (Å²) in [5.41, 5.74) is 4.04. The average molecular weight is 451 g/mol. The smallest absolute Gasteiger partial charge is 0.410 e. The van der Waals surface area contributed by atoms with Crippen LogP contribution in [0.25, 0.3) is 11.1 Å². The summed E-state index contributed by atoms with van der Waals surface area (Å²) < 4.78 is 11.3. The molecule has 2 saturated heterocycles.